The molecular formula is C10H21ClN2O2. The summed E-state index contributed by atoms with van der Waals surface area (Å²) in [6.45, 7) is 6.47. The number of nitrogens with zero attached hydrogens (tertiary/aromatic N) is 1. The van der Waals surface area contributed by atoms with Crippen molar-refractivity contribution in [3.63, 3.8) is 0 Å². The smallest absolute Gasteiger partial charge is 0.320 e. The second-order valence-corrected chi connectivity index (χ2v) is 3.92. The van der Waals surface area contributed by atoms with Crippen molar-refractivity contribution in [1.29, 1.82) is 0 Å². The molecule has 0 saturated carbocycles. The first kappa shape index (κ1) is 14.7. The molecule has 2 unspecified atom stereocenters. The summed E-state index contributed by atoms with van der Waals surface area (Å²) in [5.41, 5.74) is 5.60. The van der Waals surface area contributed by atoms with Crippen LogP contribution in [0.4, 0.5) is 0 Å². The highest BCUT2D eigenvalue weighted by atomic mass is 35.5. The lowest BCUT2D eigenvalue weighted by Crippen LogP contribution is -2.34. The average molecular weight is 237 g/mol. The fourth-order valence-corrected chi connectivity index (χ4v) is 1.98. The fourth-order valence-electron chi connectivity index (χ4n) is 1.98. The SMILES string of the molecule is CCOC(=O)CN1CC(CN)CC1C.Cl. The molecule has 0 spiro atoms. The van der Waals surface area contributed by atoms with Crippen molar-refractivity contribution in [1.82, 2.24) is 4.90 Å². The number of halogens is 1. The number of hydrogen-bond donors (Lipinski definition) is 1. The molecule has 2 atom stereocenters. The minimum absolute atomic E-state index is 0. The van der Waals surface area contributed by atoms with Crippen LogP contribution in [0.2, 0.25) is 0 Å². The van der Waals surface area contributed by atoms with Crippen LogP contribution in [0.15, 0.2) is 0 Å². The highest BCUT2D eigenvalue weighted by molar-refractivity contribution is 5.85. The van der Waals surface area contributed by atoms with E-state index in [0.717, 1.165) is 13.0 Å². The van der Waals surface area contributed by atoms with E-state index in [-0.39, 0.29) is 18.4 Å². The molecule has 0 radical (unpaired) electrons. The highest BCUT2D eigenvalue weighted by Gasteiger charge is 2.29. The van der Waals surface area contributed by atoms with Gasteiger partial charge in [-0.25, -0.2) is 0 Å². The molecule has 1 aliphatic rings. The van der Waals surface area contributed by atoms with E-state index >= 15 is 0 Å². The monoisotopic (exact) mass is 236 g/mol. The van der Waals surface area contributed by atoms with Crippen LogP contribution in [-0.2, 0) is 9.53 Å². The average Bonchev–Trinajstić information content (AvgIpc) is 2.48. The second kappa shape index (κ2) is 7.04. The van der Waals surface area contributed by atoms with Crippen LogP contribution in [-0.4, -0.2) is 43.2 Å². The van der Waals surface area contributed by atoms with Gasteiger partial charge in [-0.2, -0.15) is 0 Å². The van der Waals surface area contributed by atoms with E-state index in [1.807, 2.05) is 6.92 Å². The van der Waals surface area contributed by atoms with Crippen LogP contribution < -0.4 is 5.73 Å². The summed E-state index contributed by atoms with van der Waals surface area (Å²) in [7, 11) is 0. The van der Waals surface area contributed by atoms with Gasteiger partial charge in [-0.3, -0.25) is 9.69 Å². The summed E-state index contributed by atoms with van der Waals surface area (Å²) in [5, 5.41) is 0. The third-order valence-electron chi connectivity index (χ3n) is 2.76. The van der Waals surface area contributed by atoms with Crippen molar-refractivity contribution >= 4 is 18.4 Å². The molecule has 0 aliphatic carbocycles. The Labute approximate surface area is 97.5 Å². The van der Waals surface area contributed by atoms with Gasteiger partial charge < -0.3 is 10.5 Å². The van der Waals surface area contributed by atoms with Gasteiger partial charge in [0.25, 0.3) is 0 Å². The molecule has 0 amide bonds. The number of carbonyl (C=O) groups is 1. The number of nitrogens with two attached hydrogens (primary N) is 1. The minimum atomic E-state index is -0.128. The van der Waals surface area contributed by atoms with Gasteiger partial charge in [0.15, 0.2) is 0 Å². The quantitative estimate of drug-likeness (QED) is 0.728. The number of hydrogen-bond acceptors (Lipinski definition) is 4. The highest BCUT2D eigenvalue weighted by Crippen LogP contribution is 2.21. The molecule has 0 aromatic heterocycles. The van der Waals surface area contributed by atoms with Crippen LogP contribution in [0.25, 0.3) is 0 Å². The second-order valence-electron chi connectivity index (χ2n) is 3.92. The number of likely N-dealkylation sites (tertiary alicyclic amines) is 1. The molecule has 15 heavy (non-hydrogen) atoms. The van der Waals surface area contributed by atoms with Crippen molar-refractivity contribution in [2.24, 2.45) is 11.7 Å². The first-order valence-electron chi connectivity index (χ1n) is 5.27. The van der Waals surface area contributed by atoms with Crippen molar-refractivity contribution in [2.45, 2.75) is 26.3 Å². The van der Waals surface area contributed by atoms with E-state index in [1.54, 1.807) is 0 Å². The summed E-state index contributed by atoms with van der Waals surface area (Å²) in [6, 6.07) is 0.452. The molecule has 0 aromatic rings. The maximum atomic E-state index is 11.2. The van der Waals surface area contributed by atoms with E-state index in [2.05, 4.69) is 11.8 Å². The molecule has 5 heteroatoms. The number of rotatable bonds is 4. The summed E-state index contributed by atoms with van der Waals surface area (Å²) < 4.78 is 4.91. The summed E-state index contributed by atoms with van der Waals surface area (Å²) >= 11 is 0. The molecule has 2 N–H and O–H groups in total. The Hall–Kier alpha value is -0.320. The molecule has 1 heterocycles. The predicted molar refractivity (Wildman–Crippen MR) is 62.1 cm³/mol. The molecule has 1 rings (SSSR count). The Kier molecular flexibility index (Phi) is 6.89. The lowest BCUT2D eigenvalue weighted by Gasteiger charge is -2.19. The lowest BCUT2D eigenvalue weighted by atomic mass is 10.1. The van der Waals surface area contributed by atoms with Gasteiger partial charge in [-0.1, -0.05) is 0 Å². The van der Waals surface area contributed by atoms with Crippen LogP contribution in [0.1, 0.15) is 20.3 Å². The Morgan fingerprint density at radius 2 is 2.27 bits per heavy atom. The summed E-state index contributed by atoms with van der Waals surface area (Å²) in [5.74, 6) is 0.413. The number of esters is 1. The Morgan fingerprint density at radius 1 is 1.60 bits per heavy atom. The van der Waals surface area contributed by atoms with Gasteiger partial charge >= 0.3 is 5.97 Å². The van der Waals surface area contributed by atoms with Gasteiger partial charge in [0.1, 0.15) is 0 Å². The third kappa shape index (κ3) is 4.36. The molecule has 0 bridgehead atoms. The normalized spacial score (nSPS) is 26.1. The zero-order chi connectivity index (χ0) is 10.6. The molecule has 90 valence electrons. The van der Waals surface area contributed by atoms with E-state index in [9.17, 15) is 4.79 Å². The van der Waals surface area contributed by atoms with Crippen molar-refractivity contribution in [3.05, 3.63) is 0 Å². The van der Waals surface area contributed by atoms with Crippen LogP contribution >= 0.6 is 12.4 Å². The van der Waals surface area contributed by atoms with Crippen molar-refractivity contribution in [2.75, 3.05) is 26.2 Å². The number of ether oxygens (including phenoxy) is 1. The van der Waals surface area contributed by atoms with E-state index in [0.29, 0.717) is 31.7 Å². The van der Waals surface area contributed by atoms with Gasteiger partial charge in [0, 0.05) is 12.6 Å². The third-order valence-corrected chi connectivity index (χ3v) is 2.76. The molecule has 0 aromatic carbocycles. The van der Waals surface area contributed by atoms with Gasteiger partial charge in [-0.05, 0) is 32.7 Å². The van der Waals surface area contributed by atoms with E-state index < -0.39 is 0 Å². The lowest BCUT2D eigenvalue weighted by molar-refractivity contribution is -0.144. The minimum Gasteiger partial charge on any atom is -0.465 e. The van der Waals surface area contributed by atoms with E-state index in [4.69, 9.17) is 10.5 Å². The van der Waals surface area contributed by atoms with Crippen LogP contribution in [0.3, 0.4) is 0 Å². The van der Waals surface area contributed by atoms with E-state index in [1.165, 1.54) is 0 Å². The Bertz CT molecular complexity index is 202. The first-order chi connectivity index (χ1) is 6.67. The first-order valence-corrected chi connectivity index (χ1v) is 5.27. The van der Waals surface area contributed by atoms with Crippen LogP contribution in [0.5, 0.6) is 0 Å². The number of carbonyl (C=O) groups excluding carboxylic acids is 1. The van der Waals surface area contributed by atoms with Crippen molar-refractivity contribution < 1.29 is 9.53 Å². The van der Waals surface area contributed by atoms with Gasteiger partial charge in [0.05, 0.1) is 13.2 Å². The maximum Gasteiger partial charge on any atom is 0.320 e. The van der Waals surface area contributed by atoms with Gasteiger partial charge in [0.2, 0.25) is 0 Å². The zero-order valence-electron chi connectivity index (χ0n) is 9.44. The molecular weight excluding hydrogens is 216 g/mol. The zero-order valence-corrected chi connectivity index (χ0v) is 10.3. The predicted octanol–water partition coefficient (Wildman–Crippen LogP) is 0.640. The summed E-state index contributed by atoms with van der Waals surface area (Å²) in [6.07, 6.45) is 1.09. The molecule has 1 fully saturated rings. The van der Waals surface area contributed by atoms with Gasteiger partial charge in [-0.15, -0.1) is 12.4 Å². The Morgan fingerprint density at radius 3 is 2.73 bits per heavy atom. The molecule has 1 aliphatic heterocycles. The molecule has 4 nitrogen and oxygen atoms in total. The van der Waals surface area contributed by atoms with Crippen LogP contribution in [0, 0.1) is 5.92 Å². The maximum absolute atomic E-state index is 11.2. The topological polar surface area (TPSA) is 55.6 Å². The molecule has 1 saturated heterocycles. The van der Waals surface area contributed by atoms with Crippen molar-refractivity contribution in [3.8, 4) is 0 Å². The fraction of sp³-hybridized carbons (Fsp3) is 0.900. The summed E-state index contributed by atoms with van der Waals surface area (Å²) in [4.78, 5) is 13.4. The Balaban J connectivity index is 0.00000196. The standard InChI is InChI=1S/C10H20N2O2.ClH/c1-3-14-10(13)7-12-6-9(5-11)4-8(12)2;/h8-9H,3-7,11H2,1-2H3;1H. The largest absolute Gasteiger partial charge is 0.465 e.